The van der Waals surface area contributed by atoms with E-state index in [1.54, 1.807) is 13.0 Å². The highest BCUT2D eigenvalue weighted by atomic mass is 32.2. The molecule has 3 aromatic rings. The summed E-state index contributed by atoms with van der Waals surface area (Å²) in [7, 11) is 0. The number of thioether (sulfide) groups is 1. The summed E-state index contributed by atoms with van der Waals surface area (Å²) >= 11 is 1.19. The zero-order valence-corrected chi connectivity index (χ0v) is 13.9. The maximum absolute atomic E-state index is 13.6. The average Bonchev–Trinajstić information content (AvgIpc) is 2.62. The summed E-state index contributed by atoms with van der Waals surface area (Å²) in [5, 5.41) is 3.27. The van der Waals surface area contributed by atoms with E-state index in [-0.39, 0.29) is 0 Å². The van der Waals surface area contributed by atoms with Crippen LogP contribution in [0.25, 0.3) is 10.9 Å². The Morgan fingerprint density at radius 1 is 1.04 bits per heavy atom. The molecule has 1 atom stereocenters. The summed E-state index contributed by atoms with van der Waals surface area (Å²) in [6.07, 6.45) is 0. The van der Waals surface area contributed by atoms with Crippen LogP contribution in [0.3, 0.4) is 0 Å². The van der Waals surface area contributed by atoms with Crippen molar-refractivity contribution in [1.82, 2.24) is 4.98 Å². The SMILES string of the molecule is CC(Sc1ccc2ccccc2n1)C(=O)Nc1ccc(F)c(F)c1F. The van der Waals surface area contributed by atoms with Gasteiger partial charge in [-0.3, -0.25) is 4.79 Å². The van der Waals surface area contributed by atoms with Gasteiger partial charge in [-0.1, -0.05) is 36.0 Å². The van der Waals surface area contributed by atoms with Crippen molar-refractivity contribution in [3.63, 3.8) is 0 Å². The van der Waals surface area contributed by atoms with Gasteiger partial charge in [0.15, 0.2) is 17.5 Å². The predicted octanol–water partition coefficient (Wildman–Crippen LogP) is 4.77. The molecular weight excluding hydrogens is 349 g/mol. The van der Waals surface area contributed by atoms with Gasteiger partial charge in [0.1, 0.15) is 0 Å². The number of hydrogen-bond donors (Lipinski definition) is 1. The lowest BCUT2D eigenvalue weighted by Crippen LogP contribution is -2.23. The zero-order chi connectivity index (χ0) is 18.0. The number of para-hydroxylation sites is 1. The van der Waals surface area contributed by atoms with Gasteiger partial charge in [0.2, 0.25) is 5.91 Å². The van der Waals surface area contributed by atoms with Crippen molar-refractivity contribution in [2.75, 3.05) is 5.32 Å². The van der Waals surface area contributed by atoms with E-state index >= 15 is 0 Å². The van der Waals surface area contributed by atoms with Crippen molar-refractivity contribution in [3.8, 4) is 0 Å². The number of carbonyl (C=O) groups is 1. The zero-order valence-electron chi connectivity index (χ0n) is 13.1. The molecule has 25 heavy (non-hydrogen) atoms. The molecule has 2 aromatic carbocycles. The predicted molar refractivity (Wildman–Crippen MR) is 92.0 cm³/mol. The highest BCUT2D eigenvalue weighted by Crippen LogP contribution is 2.26. The van der Waals surface area contributed by atoms with Gasteiger partial charge < -0.3 is 5.32 Å². The summed E-state index contributed by atoms with van der Waals surface area (Å²) in [5.74, 6) is -4.88. The fraction of sp³-hybridized carbons (Fsp3) is 0.111. The number of benzene rings is 2. The summed E-state index contributed by atoms with van der Waals surface area (Å²) < 4.78 is 39.8. The van der Waals surface area contributed by atoms with E-state index < -0.39 is 34.3 Å². The van der Waals surface area contributed by atoms with E-state index in [1.165, 1.54) is 11.8 Å². The molecule has 0 spiro atoms. The first kappa shape index (κ1) is 17.3. The molecule has 0 saturated heterocycles. The maximum Gasteiger partial charge on any atom is 0.237 e. The Kier molecular flexibility index (Phi) is 4.94. The van der Waals surface area contributed by atoms with Gasteiger partial charge in [-0.25, -0.2) is 18.2 Å². The molecule has 1 heterocycles. The van der Waals surface area contributed by atoms with Gasteiger partial charge >= 0.3 is 0 Å². The fourth-order valence-corrected chi connectivity index (χ4v) is 3.03. The normalized spacial score (nSPS) is 12.2. The van der Waals surface area contributed by atoms with Crippen LogP contribution in [0, 0.1) is 17.5 Å². The van der Waals surface area contributed by atoms with Crippen LogP contribution in [0.5, 0.6) is 0 Å². The third-order valence-corrected chi connectivity index (χ3v) is 4.57. The Hall–Kier alpha value is -2.54. The second-order valence-corrected chi connectivity index (χ2v) is 6.68. The van der Waals surface area contributed by atoms with Crippen LogP contribution >= 0.6 is 11.8 Å². The largest absolute Gasteiger partial charge is 0.323 e. The summed E-state index contributed by atoms with van der Waals surface area (Å²) in [5.41, 5.74) is 0.398. The first-order valence-corrected chi connectivity index (χ1v) is 8.30. The number of halogens is 3. The topological polar surface area (TPSA) is 42.0 Å². The lowest BCUT2D eigenvalue weighted by molar-refractivity contribution is -0.115. The van der Waals surface area contributed by atoms with E-state index in [4.69, 9.17) is 0 Å². The van der Waals surface area contributed by atoms with Crippen LogP contribution in [-0.2, 0) is 4.79 Å². The number of amides is 1. The Morgan fingerprint density at radius 3 is 2.60 bits per heavy atom. The first-order valence-electron chi connectivity index (χ1n) is 7.42. The molecule has 3 rings (SSSR count). The molecule has 3 nitrogen and oxygen atoms in total. The van der Waals surface area contributed by atoms with Crippen molar-refractivity contribution in [2.24, 2.45) is 0 Å². The van der Waals surface area contributed by atoms with Crippen LogP contribution in [0.15, 0.2) is 53.6 Å². The number of anilines is 1. The van der Waals surface area contributed by atoms with Crippen LogP contribution in [0.2, 0.25) is 0 Å². The van der Waals surface area contributed by atoms with Crippen LogP contribution in [0.4, 0.5) is 18.9 Å². The first-order chi connectivity index (χ1) is 12.0. The van der Waals surface area contributed by atoms with Gasteiger partial charge in [-0.05, 0) is 31.2 Å². The van der Waals surface area contributed by atoms with Gasteiger partial charge in [0.25, 0.3) is 0 Å². The molecule has 0 bridgehead atoms. The lowest BCUT2D eigenvalue weighted by atomic mass is 10.2. The minimum Gasteiger partial charge on any atom is -0.323 e. The van der Waals surface area contributed by atoms with Crippen LogP contribution in [-0.4, -0.2) is 16.1 Å². The second-order valence-electron chi connectivity index (χ2n) is 5.31. The summed E-state index contributed by atoms with van der Waals surface area (Å²) in [4.78, 5) is 16.6. The van der Waals surface area contributed by atoms with Gasteiger partial charge in [0.05, 0.1) is 21.5 Å². The van der Waals surface area contributed by atoms with E-state index in [9.17, 15) is 18.0 Å². The smallest absolute Gasteiger partial charge is 0.237 e. The van der Waals surface area contributed by atoms with E-state index in [1.807, 2.05) is 30.3 Å². The Morgan fingerprint density at radius 2 is 1.80 bits per heavy atom. The Labute approximate surface area is 146 Å². The number of rotatable bonds is 4. The number of aromatic nitrogens is 1. The summed E-state index contributed by atoms with van der Waals surface area (Å²) in [6.45, 7) is 1.62. The standard InChI is InChI=1S/C18H13F3N2OS/c1-10(18(24)23-14-8-7-12(19)16(20)17(14)21)25-15-9-6-11-4-2-3-5-13(11)22-15/h2-10H,1H3,(H,23,24). The number of nitrogens with one attached hydrogen (secondary N) is 1. The quantitative estimate of drug-likeness (QED) is 0.537. The molecule has 0 fully saturated rings. The lowest BCUT2D eigenvalue weighted by Gasteiger charge is -2.12. The maximum atomic E-state index is 13.6. The molecule has 128 valence electrons. The van der Waals surface area contributed by atoms with Crippen molar-refractivity contribution in [3.05, 3.63) is 66.0 Å². The molecule has 0 radical (unpaired) electrons. The molecular formula is C18H13F3N2OS. The van der Waals surface area contributed by atoms with Gasteiger partial charge in [-0.15, -0.1) is 0 Å². The van der Waals surface area contributed by atoms with Crippen molar-refractivity contribution in [1.29, 1.82) is 0 Å². The number of fused-ring (bicyclic) bond motifs is 1. The van der Waals surface area contributed by atoms with Crippen molar-refractivity contribution in [2.45, 2.75) is 17.2 Å². The highest BCUT2D eigenvalue weighted by Gasteiger charge is 2.19. The molecule has 1 unspecified atom stereocenters. The van der Waals surface area contributed by atoms with Crippen LogP contribution in [0.1, 0.15) is 6.92 Å². The highest BCUT2D eigenvalue weighted by molar-refractivity contribution is 8.00. The third kappa shape index (κ3) is 3.76. The average molecular weight is 362 g/mol. The third-order valence-electron chi connectivity index (χ3n) is 3.53. The van der Waals surface area contributed by atoms with Gasteiger partial charge in [-0.2, -0.15) is 0 Å². The molecule has 1 aromatic heterocycles. The summed E-state index contributed by atoms with van der Waals surface area (Å²) in [6, 6.07) is 13.0. The molecule has 1 amide bonds. The number of nitrogens with zero attached hydrogens (tertiary/aromatic N) is 1. The minimum atomic E-state index is -1.62. The molecule has 7 heteroatoms. The minimum absolute atomic E-state index is 0.400. The number of carbonyl (C=O) groups excluding carboxylic acids is 1. The number of pyridine rings is 1. The molecule has 0 aliphatic rings. The fourth-order valence-electron chi connectivity index (χ4n) is 2.20. The molecule has 1 N–H and O–H groups in total. The molecule has 0 saturated carbocycles. The van der Waals surface area contributed by atoms with Gasteiger partial charge in [0, 0.05) is 5.39 Å². The monoisotopic (exact) mass is 362 g/mol. The molecule has 0 aliphatic heterocycles. The van der Waals surface area contributed by atoms with Crippen LogP contribution < -0.4 is 5.32 Å². The Bertz CT molecular complexity index is 949. The van der Waals surface area contributed by atoms with Crippen molar-refractivity contribution < 1.29 is 18.0 Å². The van der Waals surface area contributed by atoms with E-state index in [2.05, 4.69) is 10.3 Å². The number of hydrogen-bond acceptors (Lipinski definition) is 3. The Balaban J connectivity index is 1.73. The van der Waals surface area contributed by atoms with E-state index in [0.717, 1.165) is 23.0 Å². The second kappa shape index (κ2) is 7.14. The molecule has 0 aliphatic carbocycles. The van der Waals surface area contributed by atoms with E-state index in [0.29, 0.717) is 5.03 Å². The van der Waals surface area contributed by atoms with Crippen molar-refractivity contribution >= 4 is 34.3 Å².